The van der Waals surface area contributed by atoms with E-state index in [1.807, 2.05) is 20.8 Å². The lowest BCUT2D eigenvalue weighted by Gasteiger charge is -2.32. The molecule has 60 heavy (non-hydrogen) atoms. The highest BCUT2D eigenvalue weighted by atomic mass is 19.1. The molecule has 3 amide bonds. The number of imidazole rings is 1. The molecule has 8 atom stereocenters. The van der Waals surface area contributed by atoms with Gasteiger partial charge in [-0.3, -0.25) is 19.2 Å². The Balaban J connectivity index is 1.27. The fourth-order valence-corrected chi connectivity index (χ4v) is 9.08. The Morgan fingerprint density at radius 1 is 0.900 bits per heavy atom. The van der Waals surface area contributed by atoms with Crippen LogP contribution in [0.5, 0.6) is 0 Å². The van der Waals surface area contributed by atoms with Crippen molar-refractivity contribution in [3.8, 4) is 11.5 Å². The van der Waals surface area contributed by atoms with E-state index in [4.69, 9.17) is 4.98 Å². The summed E-state index contributed by atoms with van der Waals surface area (Å²) in [7, 11) is 1.69. The van der Waals surface area contributed by atoms with E-state index in [2.05, 4.69) is 15.6 Å². The molecule has 4 heterocycles. The molecule has 0 bridgehead atoms. The fraction of sp³-hybridized carbons (Fsp3) is 0.578. The number of alkyl halides is 2. The molecule has 1 saturated carbocycles. The average molecular weight is 836 g/mol. The quantitative estimate of drug-likeness (QED) is 0.108. The lowest BCUT2D eigenvalue weighted by Crippen LogP contribution is -2.54. The van der Waals surface area contributed by atoms with E-state index in [0.717, 1.165) is 12.8 Å². The standard InChI is InChI=1S/C45H57F4N7O4/c1-7-24(4)43(58)53-40(23(2)3)45(60)55-21-30(49)15-32(55)22-56-38-13-11-28(47)17-37(38)52-42(56)41-35(33-12-10-27(46)16-36(33)51-41)18-31-14-29(48)20-54(31)44(59)34(26-8-9-26)19-39(57)25(5)50-6/h10-13,16-17,23-26,29-32,34,40,50-51H,7-9,14-15,18-22H2,1-6H3,(H,53,58)/t24-,25+,29+,30+,31+,32+,34?,40+/m1/s1. The van der Waals surface area contributed by atoms with Crippen molar-refractivity contribution in [2.45, 2.75) is 123 Å². The van der Waals surface area contributed by atoms with Crippen LogP contribution in [0.15, 0.2) is 36.4 Å². The summed E-state index contributed by atoms with van der Waals surface area (Å²) in [6.45, 7) is 8.85. The number of carbonyl (C=O) groups is 4. The van der Waals surface area contributed by atoms with E-state index in [1.165, 1.54) is 29.2 Å². The first-order valence-corrected chi connectivity index (χ1v) is 21.4. The van der Waals surface area contributed by atoms with Crippen LogP contribution in [0.25, 0.3) is 33.5 Å². The van der Waals surface area contributed by atoms with Crippen LogP contribution in [-0.4, -0.2) is 104 Å². The fourth-order valence-electron chi connectivity index (χ4n) is 9.08. The number of H-pyrrole nitrogens is 1. The van der Waals surface area contributed by atoms with Gasteiger partial charge in [0.25, 0.3) is 0 Å². The second-order valence-corrected chi connectivity index (χ2v) is 17.7. The molecule has 1 unspecified atom stereocenters. The van der Waals surface area contributed by atoms with Crippen LogP contribution < -0.4 is 10.6 Å². The van der Waals surface area contributed by atoms with Crippen LogP contribution in [0.1, 0.15) is 78.7 Å². The van der Waals surface area contributed by atoms with Crippen molar-refractivity contribution in [1.82, 2.24) is 35.0 Å². The molecular weight excluding hydrogens is 779 g/mol. The van der Waals surface area contributed by atoms with E-state index in [9.17, 15) is 28.0 Å². The maximum Gasteiger partial charge on any atom is 0.245 e. The van der Waals surface area contributed by atoms with Gasteiger partial charge in [-0.15, -0.1) is 0 Å². The average Bonchev–Trinajstić information content (AvgIpc) is 3.58. The van der Waals surface area contributed by atoms with E-state index in [-0.39, 0.29) is 80.7 Å². The topological polar surface area (TPSA) is 132 Å². The van der Waals surface area contributed by atoms with E-state index < -0.39 is 60.0 Å². The van der Waals surface area contributed by atoms with E-state index >= 15 is 8.78 Å². The molecule has 2 aliphatic heterocycles. The minimum atomic E-state index is -1.34. The number of likely N-dealkylation sites (tertiary alicyclic amines) is 2. The Morgan fingerprint density at radius 2 is 1.55 bits per heavy atom. The van der Waals surface area contributed by atoms with Crippen molar-refractivity contribution < 1.29 is 36.7 Å². The summed E-state index contributed by atoms with van der Waals surface area (Å²) >= 11 is 0. The second kappa shape index (κ2) is 17.7. The highest BCUT2D eigenvalue weighted by Gasteiger charge is 2.45. The van der Waals surface area contributed by atoms with Gasteiger partial charge in [0.15, 0.2) is 5.82 Å². The molecule has 3 aliphatic rings. The second-order valence-electron chi connectivity index (χ2n) is 17.7. The predicted molar refractivity (Wildman–Crippen MR) is 221 cm³/mol. The number of nitrogens with one attached hydrogen (secondary N) is 3. The molecule has 1 aliphatic carbocycles. The van der Waals surface area contributed by atoms with Crippen molar-refractivity contribution in [2.75, 3.05) is 20.1 Å². The van der Waals surface area contributed by atoms with Gasteiger partial charge in [-0.25, -0.2) is 22.5 Å². The molecule has 324 valence electrons. The number of Topliss-reactive ketones (excluding diaryl/α,β-unsaturated/α-hetero) is 1. The molecule has 2 aromatic heterocycles. The normalized spacial score (nSPS) is 22.8. The van der Waals surface area contributed by atoms with Gasteiger partial charge >= 0.3 is 0 Å². The molecule has 7 rings (SSSR count). The lowest BCUT2D eigenvalue weighted by atomic mass is 9.92. The molecular formula is C45H57F4N7O4. The third kappa shape index (κ3) is 8.82. The number of nitrogens with zero attached hydrogens (tertiary/aromatic N) is 4. The van der Waals surface area contributed by atoms with Crippen LogP contribution in [0.2, 0.25) is 0 Å². The van der Waals surface area contributed by atoms with Gasteiger partial charge in [0.2, 0.25) is 17.7 Å². The van der Waals surface area contributed by atoms with Gasteiger partial charge in [-0.1, -0.05) is 27.7 Å². The van der Waals surface area contributed by atoms with Crippen molar-refractivity contribution in [1.29, 1.82) is 0 Å². The molecule has 3 N–H and O–H groups in total. The zero-order valence-electron chi connectivity index (χ0n) is 35.2. The monoisotopic (exact) mass is 835 g/mol. The molecule has 2 saturated heterocycles. The minimum absolute atomic E-state index is 0.00966. The zero-order valence-corrected chi connectivity index (χ0v) is 35.2. The maximum atomic E-state index is 15.5. The molecule has 0 radical (unpaired) electrons. The number of fused-ring (bicyclic) bond motifs is 2. The molecule has 4 aromatic rings. The summed E-state index contributed by atoms with van der Waals surface area (Å²) in [6, 6.07) is 5.84. The van der Waals surface area contributed by atoms with Gasteiger partial charge in [0, 0.05) is 60.7 Å². The number of halogens is 4. The van der Waals surface area contributed by atoms with Crippen LogP contribution in [0.3, 0.4) is 0 Å². The van der Waals surface area contributed by atoms with Gasteiger partial charge < -0.3 is 30.0 Å². The van der Waals surface area contributed by atoms with Gasteiger partial charge in [-0.2, -0.15) is 0 Å². The summed E-state index contributed by atoms with van der Waals surface area (Å²) in [6.07, 6.45) is -0.114. The third-order valence-electron chi connectivity index (χ3n) is 13.1. The number of benzene rings is 2. The number of ketones is 1. The Labute approximate surface area is 348 Å². The summed E-state index contributed by atoms with van der Waals surface area (Å²) in [5, 5.41) is 6.47. The van der Waals surface area contributed by atoms with Crippen molar-refractivity contribution in [2.24, 2.45) is 23.7 Å². The van der Waals surface area contributed by atoms with Gasteiger partial charge in [-0.05, 0) is 87.4 Å². The number of aromatic nitrogens is 3. The number of likely N-dealkylation sites (N-methyl/N-ethyl adjacent to an activating group) is 1. The van der Waals surface area contributed by atoms with E-state index in [0.29, 0.717) is 45.4 Å². The van der Waals surface area contributed by atoms with Crippen molar-refractivity contribution in [3.63, 3.8) is 0 Å². The highest BCUT2D eigenvalue weighted by Crippen LogP contribution is 2.42. The molecule has 0 spiro atoms. The molecule has 11 nitrogen and oxygen atoms in total. The van der Waals surface area contributed by atoms with Gasteiger partial charge in [0.05, 0.1) is 41.9 Å². The van der Waals surface area contributed by atoms with Crippen LogP contribution >= 0.6 is 0 Å². The highest BCUT2D eigenvalue weighted by molar-refractivity contribution is 5.93. The lowest BCUT2D eigenvalue weighted by molar-refractivity contribution is -0.140. The number of hydrogen-bond donors (Lipinski definition) is 3. The number of amides is 3. The summed E-state index contributed by atoms with van der Waals surface area (Å²) < 4.78 is 62.4. The number of carbonyl (C=O) groups excluding carboxylic acids is 4. The van der Waals surface area contributed by atoms with Crippen molar-refractivity contribution >= 4 is 45.4 Å². The number of aromatic amines is 1. The van der Waals surface area contributed by atoms with Crippen LogP contribution in [0, 0.1) is 35.3 Å². The molecule has 2 aromatic carbocycles. The Hall–Kier alpha value is -4.79. The summed E-state index contributed by atoms with van der Waals surface area (Å²) in [5.74, 6) is -2.81. The van der Waals surface area contributed by atoms with Crippen LogP contribution in [-0.2, 0) is 32.1 Å². The molecule has 15 heteroatoms. The summed E-state index contributed by atoms with van der Waals surface area (Å²) in [4.78, 5) is 65.9. The molecule has 3 fully saturated rings. The van der Waals surface area contributed by atoms with Crippen molar-refractivity contribution in [3.05, 3.63) is 53.6 Å². The van der Waals surface area contributed by atoms with E-state index in [1.54, 1.807) is 42.5 Å². The number of hydrogen-bond acceptors (Lipinski definition) is 6. The Kier molecular flexibility index (Phi) is 12.8. The minimum Gasteiger partial charge on any atom is -0.352 e. The first-order valence-electron chi connectivity index (χ1n) is 21.4. The predicted octanol–water partition coefficient (Wildman–Crippen LogP) is 6.66. The largest absolute Gasteiger partial charge is 0.352 e. The van der Waals surface area contributed by atoms with Crippen LogP contribution in [0.4, 0.5) is 17.6 Å². The zero-order chi connectivity index (χ0) is 43.2. The Bertz CT molecular complexity index is 2110. The summed E-state index contributed by atoms with van der Waals surface area (Å²) in [5.41, 5.74) is 2.31. The Morgan fingerprint density at radius 3 is 2.20 bits per heavy atom. The SMILES string of the molecule is CC[C@@H](C)C(=O)N[C@H](C(=O)N1C[C@@H](F)C[C@H]1Cn1c(-c2[nH]c3cc(F)ccc3c2C[C@@H]2C[C@H](F)CN2C(=O)C(CC(=O)[C@H](C)NC)C2CC2)nc2cc(F)ccc21)C(C)C. The first kappa shape index (κ1) is 43.3. The maximum absolute atomic E-state index is 15.5. The smallest absolute Gasteiger partial charge is 0.245 e. The van der Waals surface area contributed by atoms with Gasteiger partial charge in [0.1, 0.15) is 35.8 Å². The third-order valence-corrected chi connectivity index (χ3v) is 13.1. The first-order chi connectivity index (χ1) is 28.6. The number of rotatable bonds is 16.